The largest absolute Gasteiger partial charge is 0.454 e. The number of thiocarbonyl (C=S) groups is 1. The molecule has 0 saturated carbocycles. The van der Waals surface area contributed by atoms with Gasteiger partial charge in [0.2, 0.25) is 6.79 Å². The Morgan fingerprint density at radius 2 is 1.96 bits per heavy atom. The Morgan fingerprint density at radius 1 is 1.09 bits per heavy atom. The predicted octanol–water partition coefficient (Wildman–Crippen LogP) is 3.78. The minimum atomic E-state index is 0.272. The van der Waals surface area contributed by atoms with Crippen LogP contribution in [0.5, 0.6) is 11.5 Å². The summed E-state index contributed by atoms with van der Waals surface area (Å²) in [5.41, 5.74) is 3.67. The lowest BCUT2D eigenvalue weighted by Crippen LogP contribution is -2.34. The fourth-order valence-corrected chi connectivity index (χ4v) is 3.46. The molecule has 0 aromatic heterocycles. The first-order valence-corrected chi connectivity index (χ1v) is 8.25. The predicted molar refractivity (Wildman–Crippen MR) is 94.0 cm³/mol. The van der Waals surface area contributed by atoms with Crippen LogP contribution in [0.1, 0.15) is 30.0 Å². The van der Waals surface area contributed by atoms with Gasteiger partial charge in [-0.3, -0.25) is 0 Å². The van der Waals surface area contributed by atoms with Gasteiger partial charge in [0.15, 0.2) is 16.6 Å². The Hall–Kier alpha value is -2.27. The molecule has 0 spiro atoms. The average Bonchev–Trinajstić information content (AvgIpc) is 3.03. The Morgan fingerprint density at radius 3 is 2.91 bits per heavy atom. The first-order valence-electron chi connectivity index (χ1n) is 7.84. The van der Waals surface area contributed by atoms with E-state index in [0.29, 0.717) is 5.11 Å². The monoisotopic (exact) mass is 326 g/mol. The Labute approximate surface area is 140 Å². The highest BCUT2D eigenvalue weighted by atomic mass is 32.1. The van der Waals surface area contributed by atoms with Gasteiger partial charge in [-0.15, -0.1) is 0 Å². The second-order valence-corrected chi connectivity index (χ2v) is 6.22. The Balaban J connectivity index is 1.45. The van der Waals surface area contributed by atoms with Gasteiger partial charge >= 0.3 is 0 Å². The summed E-state index contributed by atoms with van der Waals surface area (Å²) in [5.74, 6) is 1.52. The fourth-order valence-electron chi connectivity index (χ4n) is 3.20. The van der Waals surface area contributed by atoms with Crippen LogP contribution in [-0.4, -0.2) is 11.9 Å². The molecule has 0 radical (unpaired) electrons. The molecule has 4 rings (SSSR count). The smallest absolute Gasteiger partial charge is 0.231 e. The van der Waals surface area contributed by atoms with Crippen molar-refractivity contribution >= 4 is 23.0 Å². The molecule has 23 heavy (non-hydrogen) atoms. The summed E-state index contributed by atoms with van der Waals surface area (Å²) in [4.78, 5) is 0. The Bertz CT molecular complexity index is 748. The van der Waals surface area contributed by atoms with Gasteiger partial charge in [-0.2, -0.15) is 0 Å². The highest BCUT2D eigenvalue weighted by Gasteiger charge is 2.20. The van der Waals surface area contributed by atoms with Crippen molar-refractivity contribution in [3.8, 4) is 11.5 Å². The molecule has 0 saturated heterocycles. The molecular formula is C18H18N2O2S. The maximum Gasteiger partial charge on any atom is 0.231 e. The summed E-state index contributed by atoms with van der Waals surface area (Å²) >= 11 is 5.48. The molecule has 1 atom stereocenters. The fraction of sp³-hybridized carbons (Fsp3) is 0.278. The van der Waals surface area contributed by atoms with E-state index in [-0.39, 0.29) is 12.8 Å². The molecule has 2 aromatic rings. The number of hydrogen-bond acceptors (Lipinski definition) is 3. The van der Waals surface area contributed by atoms with E-state index in [4.69, 9.17) is 21.7 Å². The third-order valence-electron chi connectivity index (χ3n) is 4.31. The maximum absolute atomic E-state index is 5.48. The molecule has 2 N–H and O–H groups in total. The van der Waals surface area contributed by atoms with Crippen LogP contribution >= 0.6 is 12.2 Å². The van der Waals surface area contributed by atoms with Gasteiger partial charge in [0, 0.05) is 11.8 Å². The molecule has 2 aliphatic rings. The zero-order chi connectivity index (χ0) is 15.6. The molecule has 2 aromatic carbocycles. The third kappa shape index (κ3) is 2.97. The number of anilines is 1. The SMILES string of the molecule is S=C(Nc1ccc2c(c1)OCO2)NC1CCCc2ccccc21. The zero-order valence-corrected chi connectivity index (χ0v) is 13.5. The number of benzene rings is 2. The van der Waals surface area contributed by atoms with Crippen LogP contribution in [0.25, 0.3) is 0 Å². The van der Waals surface area contributed by atoms with Crippen LogP contribution in [-0.2, 0) is 6.42 Å². The lowest BCUT2D eigenvalue weighted by Gasteiger charge is -2.27. The van der Waals surface area contributed by atoms with Crippen molar-refractivity contribution in [2.45, 2.75) is 25.3 Å². The van der Waals surface area contributed by atoms with Crippen LogP contribution in [0.15, 0.2) is 42.5 Å². The number of fused-ring (bicyclic) bond motifs is 2. The van der Waals surface area contributed by atoms with Gasteiger partial charge in [-0.1, -0.05) is 24.3 Å². The van der Waals surface area contributed by atoms with Gasteiger partial charge in [-0.05, 0) is 54.7 Å². The van der Waals surface area contributed by atoms with Gasteiger partial charge in [0.05, 0.1) is 6.04 Å². The number of aryl methyl sites for hydroxylation is 1. The standard InChI is InChI=1S/C18H18N2O2S/c23-18(19-13-8-9-16-17(10-13)22-11-21-16)20-15-7-3-5-12-4-1-2-6-14(12)15/h1-2,4,6,8-10,15H,3,5,7,11H2,(H2,19,20,23). The first kappa shape index (κ1) is 14.3. The number of nitrogens with one attached hydrogen (secondary N) is 2. The summed E-state index contributed by atoms with van der Waals surface area (Å²) < 4.78 is 10.7. The summed E-state index contributed by atoms with van der Waals surface area (Å²) in [7, 11) is 0. The molecular weight excluding hydrogens is 308 g/mol. The van der Waals surface area contributed by atoms with Gasteiger partial charge in [0.1, 0.15) is 0 Å². The van der Waals surface area contributed by atoms with E-state index in [1.54, 1.807) is 0 Å². The lowest BCUT2D eigenvalue weighted by atomic mass is 9.88. The van der Waals surface area contributed by atoms with Gasteiger partial charge in [-0.25, -0.2) is 0 Å². The summed E-state index contributed by atoms with van der Waals surface area (Å²) in [6.07, 6.45) is 3.43. The van der Waals surface area contributed by atoms with Crippen molar-refractivity contribution in [1.82, 2.24) is 5.32 Å². The van der Waals surface area contributed by atoms with E-state index >= 15 is 0 Å². The summed E-state index contributed by atoms with van der Waals surface area (Å²) in [6.45, 7) is 0.278. The number of rotatable bonds is 2. The topological polar surface area (TPSA) is 42.5 Å². The number of ether oxygens (including phenoxy) is 2. The Kier molecular flexibility index (Phi) is 3.79. The molecule has 4 nitrogen and oxygen atoms in total. The van der Waals surface area contributed by atoms with E-state index in [9.17, 15) is 0 Å². The van der Waals surface area contributed by atoms with E-state index in [0.717, 1.165) is 30.0 Å². The highest BCUT2D eigenvalue weighted by molar-refractivity contribution is 7.80. The minimum Gasteiger partial charge on any atom is -0.454 e. The van der Waals surface area contributed by atoms with Crippen molar-refractivity contribution in [2.24, 2.45) is 0 Å². The average molecular weight is 326 g/mol. The van der Waals surface area contributed by atoms with Crippen molar-refractivity contribution in [2.75, 3.05) is 12.1 Å². The molecule has 5 heteroatoms. The van der Waals surface area contributed by atoms with E-state index < -0.39 is 0 Å². The molecule has 1 aliphatic heterocycles. The van der Waals surface area contributed by atoms with Crippen molar-refractivity contribution in [1.29, 1.82) is 0 Å². The minimum absolute atomic E-state index is 0.272. The highest BCUT2D eigenvalue weighted by Crippen LogP contribution is 2.34. The lowest BCUT2D eigenvalue weighted by molar-refractivity contribution is 0.174. The summed E-state index contributed by atoms with van der Waals surface area (Å²) in [6, 6.07) is 14.6. The normalized spacial score (nSPS) is 18.2. The van der Waals surface area contributed by atoms with Gasteiger partial charge < -0.3 is 20.1 Å². The molecule has 0 fully saturated rings. The molecule has 1 unspecified atom stereocenters. The van der Waals surface area contributed by atoms with E-state index in [2.05, 4.69) is 34.9 Å². The molecule has 0 bridgehead atoms. The molecule has 118 valence electrons. The van der Waals surface area contributed by atoms with Gasteiger partial charge in [0.25, 0.3) is 0 Å². The second kappa shape index (κ2) is 6.08. The van der Waals surface area contributed by atoms with Crippen LogP contribution in [0, 0.1) is 0 Å². The first-order chi connectivity index (χ1) is 11.3. The van der Waals surface area contributed by atoms with Crippen molar-refractivity contribution in [3.63, 3.8) is 0 Å². The van der Waals surface area contributed by atoms with Crippen LogP contribution in [0.2, 0.25) is 0 Å². The van der Waals surface area contributed by atoms with Crippen LogP contribution in [0.4, 0.5) is 5.69 Å². The molecule has 1 heterocycles. The third-order valence-corrected chi connectivity index (χ3v) is 4.53. The number of hydrogen-bond donors (Lipinski definition) is 2. The van der Waals surface area contributed by atoms with E-state index in [1.165, 1.54) is 17.5 Å². The van der Waals surface area contributed by atoms with Crippen LogP contribution in [0.3, 0.4) is 0 Å². The van der Waals surface area contributed by atoms with Crippen LogP contribution < -0.4 is 20.1 Å². The van der Waals surface area contributed by atoms with Crippen molar-refractivity contribution in [3.05, 3.63) is 53.6 Å². The second-order valence-electron chi connectivity index (χ2n) is 5.81. The molecule has 1 aliphatic carbocycles. The maximum atomic E-state index is 5.48. The van der Waals surface area contributed by atoms with Crippen molar-refractivity contribution < 1.29 is 9.47 Å². The zero-order valence-electron chi connectivity index (χ0n) is 12.7. The quantitative estimate of drug-likeness (QED) is 0.822. The molecule has 0 amide bonds. The summed E-state index contributed by atoms with van der Waals surface area (Å²) in [5, 5.41) is 7.30. The van der Waals surface area contributed by atoms with E-state index in [1.807, 2.05) is 18.2 Å².